The number of likely N-dealkylation sites (N-methyl/N-ethyl adjacent to an activating group) is 1. The van der Waals surface area contributed by atoms with Crippen molar-refractivity contribution in [2.75, 3.05) is 26.2 Å². The van der Waals surface area contributed by atoms with Crippen molar-refractivity contribution in [3.63, 3.8) is 0 Å². The van der Waals surface area contributed by atoms with E-state index in [9.17, 15) is 29.0 Å². The molecule has 2 aliphatic heterocycles. The Hall–Kier alpha value is -3.45. The van der Waals surface area contributed by atoms with Crippen LogP contribution in [0.1, 0.15) is 31.4 Å². The third-order valence-corrected chi connectivity index (χ3v) is 6.40. The number of hydrogen-bond donors (Lipinski definition) is 3. The Morgan fingerprint density at radius 3 is 2.67 bits per heavy atom. The van der Waals surface area contributed by atoms with Gasteiger partial charge in [0.25, 0.3) is 0 Å². The quantitative estimate of drug-likeness (QED) is 0.297. The third-order valence-electron chi connectivity index (χ3n) is 6.40. The molecule has 0 unspecified atom stereocenters. The van der Waals surface area contributed by atoms with Crippen LogP contribution >= 0.6 is 0 Å². The number of hydrogen-bond acceptors (Lipinski definition) is 8. The first-order chi connectivity index (χ1) is 17.0. The van der Waals surface area contributed by atoms with E-state index in [0.29, 0.717) is 18.7 Å². The first-order valence-corrected chi connectivity index (χ1v) is 11.8. The normalized spacial score (nSPS) is 19.3. The number of rotatable bonds is 9. The van der Waals surface area contributed by atoms with E-state index in [0.717, 1.165) is 16.0 Å². The van der Waals surface area contributed by atoms with Gasteiger partial charge in [-0.15, -0.1) is 0 Å². The lowest BCUT2D eigenvalue weighted by Gasteiger charge is -2.34. The van der Waals surface area contributed by atoms with E-state index in [1.165, 1.54) is 11.8 Å². The second-order valence-corrected chi connectivity index (χ2v) is 8.96. The Kier molecular flexibility index (Phi) is 8.69. The van der Waals surface area contributed by atoms with Gasteiger partial charge in [-0.2, -0.15) is 0 Å². The number of fused-ring (bicyclic) bond motifs is 1. The molecule has 0 aromatic heterocycles. The Morgan fingerprint density at radius 1 is 1.28 bits per heavy atom. The summed E-state index contributed by atoms with van der Waals surface area (Å²) in [6, 6.07) is 3.34. The van der Waals surface area contributed by atoms with Crippen LogP contribution in [-0.4, -0.2) is 89.9 Å². The minimum absolute atomic E-state index is 0.0347. The van der Waals surface area contributed by atoms with Crippen molar-refractivity contribution in [3.8, 4) is 5.75 Å². The summed E-state index contributed by atoms with van der Waals surface area (Å²) in [6.07, 6.45) is -0.805. The molecule has 2 aliphatic rings. The van der Waals surface area contributed by atoms with Crippen LogP contribution in [0.4, 0.5) is 4.79 Å². The highest BCUT2D eigenvalue weighted by molar-refractivity contribution is 6.46. The van der Waals surface area contributed by atoms with Crippen molar-refractivity contribution in [1.82, 2.24) is 15.1 Å². The number of carbonyl (C=O) groups is 5. The molecule has 0 saturated carbocycles. The number of nitrogens with two attached hydrogens (primary N) is 1. The molecule has 4 N–H and O–H groups in total. The SMILES string of the molecule is CCN1CCN(C(=O)N[C@@H](C(=O)C[C@H]2Cc3cccc(C)c3OB2O)[C@@H](C)OCC(N)=O)C(=O)C1=O. The average molecular weight is 502 g/mol. The molecule has 3 atom stereocenters. The molecule has 0 radical (unpaired) electrons. The molecule has 0 bridgehead atoms. The Bertz CT molecular complexity index is 1050. The molecule has 3 rings (SSSR count). The molecule has 1 aromatic rings. The molecule has 194 valence electrons. The zero-order valence-corrected chi connectivity index (χ0v) is 20.6. The van der Waals surface area contributed by atoms with Gasteiger partial charge in [0.15, 0.2) is 5.78 Å². The fraction of sp³-hybridized carbons (Fsp3) is 0.522. The van der Waals surface area contributed by atoms with Gasteiger partial charge in [0, 0.05) is 31.9 Å². The maximum atomic E-state index is 13.3. The van der Waals surface area contributed by atoms with Crippen LogP contribution in [0.5, 0.6) is 5.75 Å². The number of para-hydroxylation sites is 1. The number of ether oxygens (including phenoxy) is 1. The third kappa shape index (κ3) is 6.03. The number of benzene rings is 1. The van der Waals surface area contributed by atoms with E-state index >= 15 is 0 Å². The molecule has 12 nitrogen and oxygen atoms in total. The first-order valence-electron chi connectivity index (χ1n) is 11.8. The van der Waals surface area contributed by atoms with Crippen molar-refractivity contribution in [2.45, 2.75) is 51.6 Å². The maximum absolute atomic E-state index is 13.3. The van der Waals surface area contributed by atoms with Crippen LogP contribution in [0.3, 0.4) is 0 Å². The van der Waals surface area contributed by atoms with Crippen molar-refractivity contribution < 1.29 is 38.4 Å². The second-order valence-electron chi connectivity index (χ2n) is 8.96. The standard InChI is InChI=1S/C23H31BN4O8/c1-4-27-8-9-28(22(32)21(27)31)23(33)26-19(14(3)35-12-18(25)30)17(29)11-16-10-15-7-5-6-13(2)20(15)36-24(16)34/h5-7,14,16,19,34H,4,8-12H2,1-3H3,(H2,25,30)(H,26,33)/t14-,16-,19-/m1/s1. The summed E-state index contributed by atoms with van der Waals surface area (Å²) in [5, 5.41) is 13.0. The number of nitrogens with one attached hydrogen (secondary N) is 1. The molecule has 1 fully saturated rings. The summed E-state index contributed by atoms with van der Waals surface area (Å²) < 4.78 is 11.0. The molecule has 2 heterocycles. The van der Waals surface area contributed by atoms with E-state index in [1.807, 2.05) is 25.1 Å². The summed E-state index contributed by atoms with van der Waals surface area (Å²) >= 11 is 0. The number of piperazine rings is 1. The Labute approximate surface area is 209 Å². The summed E-state index contributed by atoms with van der Waals surface area (Å²) in [6.45, 7) is 5.02. The summed E-state index contributed by atoms with van der Waals surface area (Å²) in [4.78, 5) is 64.1. The summed E-state index contributed by atoms with van der Waals surface area (Å²) in [5.74, 6) is -3.11. The summed E-state index contributed by atoms with van der Waals surface area (Å²) in [5.41, 5.74) is 6.84. The predicted molar refractivity (Wildman–Crippen MR) is 128 cm³/mol. The van der Waals surface area contributed by atoms with Gasteiger partial charge in [-0.05, 0) is 38.3 Å². The van der Waals surface area contributed by atoms with Crippen LogP contribution in [-0.2, 0) is 30.3 Å². The van der Waals surface area contributed by atoms with Gasteiger partial charge in [-0.25, -0.2) is 4.79 Å². The van der Waals surface area contributed by atoms with Gasteiger partial charge in [-0.3, -0.25) is 24.1 Å². The van der Waals surface area contributed by atoms with Gasteiger partial charge in [-0.1, -0.05) is 18.2 Å². The Balaban J connectivity index is 1.75. The minimum atomic E-state index is -1.28. The fourth-order valence-corrected chi connectivity index (χ4v) is 4.35. The van der Waals surface area contributed by atoms with Crippen LogP contribution < -0.4 is 15.7 Å². The van der Waals surface area contributed by atoms with Gasteiger partial charge >= 0.3 is 25.0 Å². The van der Waals surface area contributed by atoms with Gasteiger partial charge in [0.2, 0.25) is 5.91 Å². The zero-order chi connectivity index (χ0) is 26.6. The van der Waals surface area contributed by atoms with E-state index in [4.69, 9.17) is 15.1 Å². The number of urea groups is 1. The van der Waals surface area contributed by atoms with E-state index in [1.54, 1.807) is 6.92 Å². The second kappa shape index (κ2) is 11.5. The molecule has 5 amide bonds. The van der Waals surface area contributed by atoms with E-state index < -0.39 is 61.2 Å². The highest BCUT2D eigenvalue weighted by Crippen LogP contribution is 2.36. The molecule has 36 heavy (non-hydrogen) atoms. The summed E-state index contributed by atoms with van der Waals surface area (Å²) in [7, 11) is -1.25. The number of imide groups is 1. The van der Waals surface area contributed by atoms with Crippen molar-refractivity contribution in [2.24, 2.45) is 5.73 Å². The van der Waals surface area contributed by atoms with E-state index in [2.05, 4.69) is 5.32 Å². The minimum Gasteiger partial charge on any atom is -0.536 e. The van der Waals surface area contributed by atoms with Gasteiger partial charge < -0.3 is 30.4 Å². The van der Waals surface area contributed by atoms with Crippen LogP contribution in [0.25, 0.3) is 0 Å². The topological polar surface area (TPSA) is 169 Å². The predicted octanol–water partition coefficient (Wildman–Crippen LogP) is -0.601. The fourth-order valence-electron chi connectivity index (χ4n) is 4.35. The number of amides is 5. The molecule has 0 aliphatic carbocycles. The van der Waals surface area contributed by atoms with E-state index in [-0.39, 0.29) is 19.5 Å². The van der Waals surface area contributed by atoms with Crippen molar-refractivity contribution >= 4 is 36.7 Å². The molecule has 1 saturated heterocycles. The lowest BCUT2D eigenvalue weighted by molar-refractivity contribution is -0.153. The van der Waals surface area contributed by atoms with Crippen LogP contribution in [0.2, 0.25) is 5.82 Å². The monoisotopic (exact) mass is 502 g/mol. The largest absolute Gasteiger partial charge is 0.536 e. The Morgan fingerprint density at radius 2 is 2.00 bits per heavy atom. The number of Topliss-reactive ketones (excluding diaryl/α,β-unsaturated/α-hetero) is 1. The zero-order valence-electron chi connectivity index (χ0n) is 20.6. The smallest absolute Gasteiger partial charge is 0.526 e. The highest BCUT2D eigenvalue weighted by Gasteiger charge is 2.41. The van der Waals surface area contributed by atoms with Crippen molar-refractivity contribution in [3.05, 3.63) is 29.3 Å². The van der Waals surface area contributed by atoms with Gasteiger partial charge in [0.1, 0.15) is 18.4 Å². The highest BCUT2D eigenvalue weighted by atomic mass is 16.5. The average Bonchev–Trinajstić information content (AvgIpc) is 2.83. The van der Waals surface area contributed by atoms with Crippen LogP contribution in [0, 0.1) is 6.92 Å². The molecule has 1 aromatic carbocycles. The number of carbonyl (C=O) groups excluding carboxylic acids is 5. The molecule has 13 heteroatoms. The number of primary amides is 1. The van der Waals surface area contributed by atoms with Crippen LogP contribution in [0.15, 0.2) is 18.2 Å². The number of aryl methyl sites for hydroxylation is 1. The lowest BCUT2D eigenvalue weighted by atomic mass is 9.64. The maximum Gasteiger partial charge on any atom is 0.526 e. The van der Waals surface area contributed by atoms with Crippen molar-refractivity contribution in [1.29, 1.82) is 0 Å². The lowest BCUT2D eigenvalue weighted by Crippen LogP contribution is -2.61. The molecular weight excluding hydrogens is 471 g/mol. The van der Waals surface area contributed by atoms with Gasteiger partial charge in [0.05, 0.1) is 6.10 Å². The molecular formula is C23H31BN4O8. The molecule has 0 spiro atoms. The number of ketones is 1. The first kappa shape index (κ1) is 27.1. The number of nitrogens with zero attached hydrogens (tertiary/aromatic N) is 2.